The average Bonchev–Trinajstić information content (AvgIpc) is 3.33. The third kappa shape index (κ3) is 5.14. The standard InChI is InChI=1S/C30H35ClN4O2/c31-24-18-32-27-17-21(9-12-23(24)27)29(37)34-26-6-2-1-5-25(26)33-28(36)20-7-10-22(11-8-20)30(13-14-30)19-35-15-3-4-16-35/h7-12,17-18,25-26,32H,1-6,13-16,19H2,(H,33,36)(H,34,37). The number of hydrogen-bond acceptors (Lipinski definition) is 3. The van der Waals surface area contributed by atoms with Gasteiger partial charge in [0.05, 0.1) is 5.02 Å². The van der Waals surface area contributed by atoms with E-state index in [0.29, 0.717) is 16.1 Å². The fourth-order valence-corrected chi connectivity index (χ4v) is 6.46. The maximum Gasteiger partial charge on any atom is 0.251 e. The Kier molecular flexibility index (Phi) is 6.72. The van der Waals surface area contributed by atoms with Crippen LogP contribution in [0.2, 0.25) is 5.02 Å². The molecule has 37 heavy (non-hydrogen) atoms. The van der Waals surface area contributed by atoms with Crippen molar-refractivity contribution in [1.29, 1.82) is 0 Å². The molecule has 0 bridgehead atoms. The van der Waals surface area contributed by atoms with Gasteiger partial charge in [-0.15, -0.1) is 0 Å². The molecule has 2 heterocycles. The summed E-state index contributed by atoms with van der Waals surface area (Å²) in [6.07, 6.45) is 10.6. The van der Waals surface area contributed by atoms with Crippen LogP contribution in [-0.4, -0.2) is 53.4 Å². The van der Waals surface area contributed by atoms with Crippen molar-refractivity contribution in [2.24, 2.45) is 0 Å². The lowest BCUT2D eigenvalue weighted by atomic mass is 9.89. The smallest absolute Gasteiger partial charge is 0.251 e. The molecule has 6 rings (SSSR count). The molecule has 2 saturated carbocycles. The minimum atomic E-state index is -0.129. The molecule has 3 fully saturated rings. The third-order valence-electron chi connectivity index (χ3n) is 8.63. The number of likely N-dealkylation sites (tertiary alicyclic amines) is 1. The number of H-pyrrole nitrogens is 1. The third-order valence-corrected chi connectivity index (χ3v) is 8.94. The van der Waals surface area contributed by atoms with Gasteiger partial charge in [-0.1, -0.05) is 42.6 Å². The van der Waals surface area contributed by atoms with E-state index >= 15 is 0 Å². The monoisotopic (exact) mass is 518 g/mol. The quantitative estimate of drug-likeness (QED) is 0.391. The van der Waals surface area contributed by atoms with Crippen LogP contribution in [0.15, 0.2) is 48.7 Å². The largest absolute Gasteiger partial charge is 0.360 e. The van der Waals surface area contributed by atoms with Gasteiger partial charge in [-0.05, 0) is 81.4 Å². The number of carbonyl (C=O) groups excluding carboxylic acids is 2. The molecular formula is C30H35ClN4O2. The van der Waals surface area contributed by atoms with E-state index in [2.05, 4.69) is 32.7 Å². The van der Waals surface area contributed by atoms with Crippen LogP contribution in [0, 0.1) is 0 Å². The normalized spacial score (nSPS) is 23.2. The first kappa shape index (κ1) is 24.5. The maximum atomic E-state index is 13.2. The van der Waals surface area contributed by atoms with Gasteiger partial charge in [-0.2, -0.15) is 0 Å². The Hall–Kier alpha value is -2.83. The first-order chi connectivity index (χ1) is 18.0. The highest BCUT2D eigenvalue weighted by atomic mass is 35.5. The van der Waals surface area contributed by atoms with Gasteiger partial charge in [0.15, 0.2) is 0 Å². The Balaban J connectivity index is 1.09. The summed E-state index contributed by atoms with van der Waals surface area (Å²) >= 11 is 6.17. The van der Waals surface area contributed by atoms with E-state index in [1.807, 2.05) is 24.3 Å². The van der Waals surface area contributed by atoms with Gasteiger partial charge in [0, 0.05) is 52.3 Å². The molecule has 3 aromatic rings. The Labute approximate surface area is 223 Å². The number of rotatable bonds is 7. The molecule has 0 radical (unpaired) electrons. The molecule has 3 aliphatic rings. The molecule has 2 atom stereocenters. The maximum absolute atomic E-state index is 13.2. The van der Waals surface area contributed by atoms with E-state index in [9.17, 15) is 9.59 Å². The second kappa shape index (κ2) is 10.1. The lowest BCUT2D eigenvalue weighted by Gasteiger charge is -2.33. The first-order valence-electron chi connectivity index (χ1n) is 13.7. The van der Waals surface area contributed by atoms with Crippen LogP contribution in [0.4, 0.5) is 0 Å². The van der Waals surface area contributed by atoms with Crippen molar-refractivity contribution < 1.29 is 9.59 Å². The number of benzene rings is 2. The predicted molar refractivity (Wildman–Crippen MR) is 147 cm³/mol. The number of fused-ring (bicyclic) bond motifs is 1. The van der Waals surface area contributed by atoms with Crippen molar-refractivity contribution in [3.05, 3.63) is 70.4 Å². The van der Waals surface area contributed by atoms with Gasteiger partial charge >= 0.3 is 0 Å². The minimum absolute atomic E-state index is 0.0652. The van der Waals surface area contributed by atoms with Crippen LogP contribution in [0.5, 0.6) is 0 Å². The van der Waals surface area contributed by atoms with Gasteiger partial charge < -0.3 is 20.5 Å². The van der Waals surface area contributed by atoms with Crippen LogP contribution in [-0.2, 0) is 5.41 Å². The van der Waals surface area contributed by atoms with E-state index < -0.39 is 0 Å². The van der Waals surface area contributed by atoms with Crippen molar-refractivity contribution in [3.8, 4) is 0 Å². The minimum Gasteiger partial charge on any atom is -0.360 e. The van der Waals surface area contributed by atoms with Gasteiger partial charge in [-0.25, -0.2) is 0 Å². The zero-order valence-electron chi connectivity index (χ0n) is 21.2. The van der Waals surface area contributed by atoms with Crippen molar-refractivity contribution >= 4 is 34.3 Å². The lowest BCUT2D eigenvalue weighted by Crippen LogP contribution is -2.53. The molecule has 2 aliphatic carbocycles. The Morgan fingerprint density at radius 1 is 0.892 bits per heavy atom. The van der Waals surface area contributed by atoms with Gasteiger partial charge in [0.1, 0.15) is 0 Å². The number of aromatic amines is 1. The Morgan fingerprint density at radius 2 is 1.51 bits per heavy atom. The molecule has 1 aliphatic heterocycles. The highest BCUT2D eigenvalue weighted by Gasteiger charge is 2.45. The summed E-state index contributed by atoms with van der Waals surface area (Å²) in [7, 11) is 0. The van der Waals surface area contributed by atoms with E-state index in [0.717, 1.165) is 43.1 Å². The van der Waals surface area contributed by atoms with Crippen LogP contribution < -0.4 is 10.6 Å². The number of nitrogens with zero attached hydrogens (tertiary/aromatic N) is 1. The summed E-state index contributed by atoms with van der Waals surface area (Å²) in [6.45, 7) is 3.58. The SMILES string of the molecule is O=C(NC1CCCCC1NC(=O)c1ccc2c(Cl)c[nH]c2c1)c1ccc(C2(CN3CCCC3)CC2)cc1. The summed E-state index contributed by atoms with van der Waals surface area (Å²) in [5.41, 5.74) is 3.75. The molecule has 0 spiro atoms. The van der Waals surface area contributed by atoms with E-state index in [4.69, 9.17) is 11.6 Å². The topological polar surface area (TPSA) is 77.2 Å². The predicted octanol–water partition coefficient (Wildman–Crippen LogP) is 5.42. The van der Waals surface area contributed by atoms with E-state index in [-0.39, 0.29) is 29.3 Å². The van der Waals surface area contributed by atoms with Crippen LogP contribution in [0.25, 0.3) is 10.9 Å². The number of hydrogen-bond donors (Lipinski definition) is 3. The molecule has 7 heteroatoms. The first-order valence-corrected chi connectivity index (χ1v) is 14.1. The van der Waals surface area contributed by atoms with Crippen molar-refractivity contribution in [1.82, 2.24) is 20.5 Å². The Morgan fingerprint density at radius 3 is 2.16 bits per heavy atom. The molecule has 194 valence electrons. The fourth-order valence-electron chi connectivity index (χ4n) is 6.24. The number of amides is 2. The summed E-state index contributed by atoms with van der Waals surface area (Å²) in [5.74, 6) is -0.194. The van der Waals surface area contributed by atoms with Crippen LogP contribution in [0.1, 0.15) is 77.6 Å². The summed E-state index contributed by atoms with van der Waals surface area (Å²) in [4.78, 5) is 31.9. The molecule has 3 N–H and O–H groups in total. The molecule has 2 unspecified atom stereocenters. The van der Waals surface area contributed by atoms with Gasteiger partial charge in [-0.3, -0.25) is 9.59 Å². The van der Waals surface area contributed by atoms with E-state index in [1.54, 1.807) is 12.3 Å². The number of halogens is 1. The van der Waals surface area contributed by atoms with Gasteiger partial charge in [0.25, 0.3) is 11.8 Å². The highest BCUT2D eigenvalue weighted by Crippen LogP contribution is 2.49. The van der Waals surface area contributed by atoms with Crippen LogP contribution in [0.3, 0.4) is 0 Å². The molecule has 1 aromatic heterocycles. The van der Waals surface area contributed by atoms with Crippen LogP contribution >= 0.6 is 11.6 Å². The Bertz CT molecular complexity index is 1290. The lowest BCUT2D eigenvalue weighted by molar-refractivity contribution is 0.0863. The molecule has 6 nitrogen and oxygen atoms in total. The van der Waals surface area contributed by atoms with Crippen molar-refractivity contribution in [3.63, 3.8) is 0 Å². The number of aromatic nitrogens is 1. The second-order valence-corrected chi connectivity index (χ2v) is 11.6. The summed E-state index contributed by atoms with van der Waals surface area (Å²) in [5, 5.41) is 7.94. The second-order valence-electron chi connectivity index (χ2n) is 11.2. The summed E-state index contributed by atoms with van der Waals surface area (Å²) in [6, 6.07) is 13.6. The molecule has 2 amide bonds. The van der Waals surface area contributed by atoms with Gasteiger partial charge in [0.2, 0.25) is 0 Å². The van der Waals surface area contributed by atoms with E-state index in [1.165, 1.54) is 44.3 Å². The average molecular weight is 519 g/mol. The molecule has 2 aromatic carbocycles. The zero-order valence-corrected chi connectivity index (χ0v) is 21.9. The summed E-state index contributed by atoms with van der Waals surface area (Å²) < 4.78 is 0. The van der Waals surface area contributed by atoms with Crippen molar-refractivity contribution in [2.45, 2.75) is 68.9 Å². The molecule has 1 saturated heterocycles. The van der Waals surface area contributed by atoms with Crippen molar-refractivity contribution in [2.75, 3.05) is 19.6 Å². The number of nitrogens with one attached hydrogen (secondary N) is 3. The number of carbonyl (C=O) groups is 2. The molecular weight excluding hydrogens is 484 g/mol. The zero-order chi connectivity index (χ0) is 25.4. The highest BCUT2D eigenvalue weighted by molar-refractivity contribution is 6.35. The fraction of sp³-hybridized carbons (Fsp3) is 0.467.